The van der Waals surface area contributed by atoms with Crippen LogP contribution in [0.25, 0.3) is 0 Å². The number of allylic oxidation sites excluding steroid dienone is 4. The first-order valence-electron chi connectivity index (χ1n) is 8.80. The van der Waals surface area contributed by atoms with Crippen molar-refractivity contribution in [1.29, 1.82) is 0 Å². The Morgan fingerprint density at radius 3 is 2.50 bits per heavy atom. The van der Waals surface area contributed by atoms with Crippen LogP contribution in [0.2, 0.25) is 0 Å². The lowest BCUT2D eigenvalue weighted by Gasteiger charge is -2.40. The van der Waals surface area contributed by atoms with Gasteiger partial charge in [-0.2, -0.15) is 0 Å². The molecule has 0 aromatic carbocycles. The van der Waals surface area contributed by atoms with E-state index in [1.165, 1.54) is 5.57 Å². The summed E-state index contributed by atoms with van der Waals surface area (Å²) in [4.78, 5) is 12.9. The zero-order valence-corrected chi connectivity index (χ0v) is 14.9. The number of rotatable bonds is 1. The average molecular weight is 304 g/mol. The van der Waals surface area contributed by atoms with E-state index < -0.39 is 11.0 Å². The molecule has 1 N–H and O–H groups in total. The number of carbonyl (C=O) groups is 1. The Morgan fingerprint density at radius 2 is 1.86 bits per heavy atom. The number of hydrogen-bond donors (Lipinski definition) is 1. The average Bonchev–Trinajstić information content (AvgIpc) is 2.69. The molecule has 1 saturated carbocycles. The fraction of sp³-hybridized carbons (Fsp3) is 0.750. The van der Waals surface area contributed by atoms with Gasteiger partial charge in [-0.05, 0) is 64.4 Å². The molecule has 0 amide bonds. The number of carbonyl (C=O) groups excluding carboxylic acids is 1. The molecule has 3 atom stereocenters. The number of aliphatic hydroxyl groups is 1. The van der Waals surface area contributed by atoms with E-state index in [4.69, 9.17) is 0 Å². The van der Waals surface area contributed by atoms with Crippen molar-refractivity contribution in [2.75, 3.05) is 0 Å². The molecule has 2 heteroatoms. The summed E-state index contributed by atoms with van der Waals surface area (Å²) >= 11 is 0. The quantitative estimate of drug-likeness (QED) is 0.705. The topological polar surface area (TPSA) is 37.3 Å². The minimum atomic E-state index is -0.708. The fourth-order valence-electron chi connectivity index (χ4n) is 4.40. The Kier molecular flexibility index (Phi) is 5.01. The van der Waals surface area contributed by atoms with Crippen molar-refractivity contribution >= 4 is 5.78 Å². The van der Waals surface area contributed by atoms with E-state index >= 15 is 0 Å². The second-order valence-electron chi connectivity index (χ2n) is 8.10. The van der Waals surface area contributed by atoms with Crippen molar-refractivity contribution in [3.8, 4) is 0 Å². The summed E-state index contributed by atoms with van der Waals surface area (Å²) in [5, 5.41) is 11.3. The molecule has 2 nitrogen and oxygen atoms in total. The van der Waals surface area contributed by atoms with Gasteiger partial charge < -0.3 is 5.11 Å². The maximum absolute atomic E-state index is 12.9. The van der Waals surface area contributed by atoms with Crippen molar-refractivity contribution in [3.05, 3.63) is 23.3 Å². The van der Waals surface area contributed by atoms with Gasteiger partial charge in [0, 0.05) is 11.3 Å². The van der Waals surface area contributed by atoms with Gasteiger partial charge in [-0.1, -0.05) is 38.0 Å². The minimum absolute atomic E-state index is 0.0537. The van der Waals surface area contributed by atoms with E-state index in [-0.39, 0.29) is 17.6 Å². The summed E-state index contributed by atoms with van der Waals surface area (Å²) in [6, 6.07) is 0. The first kappa shape index (κ1) is 17.5. The first-order chi connectivity index (χ1) is 10.2. The maximum Gasteiger partial charge on any atom is 0.161 e. The lowest BCUT2D eigenvalue weighted by Crippen LogP contribution is -2.45. The van der Waals surface area contributed by atoms with Gasteiger partial charge in [0.15, 0.2) is 5.78 Å². The first-order valence-corrected chi connectivity index (χ1v) is 8.80. The van der Waals surface area contributed by atoms with Crippen LogP contribution < -0.4 is 0 Å². The molecule has 0 saturated heterocycles. The van der Waals surface area contributed by atoms with Gasteiger partial charge in [-0.15, -0.1) is 0 Å². The fourth-order valence-corrected chi connectivity index (χ4v) is 4.40. The van der Waals surface area contributed by atoms with Crippen LogP contribution in [0.1, 0.15) is 73.1 Å². The van der Waals surface area contributed by atoms with E-state index in [9.17, 15) is 9.90 Å². The largest absolute Gasteiger partial charge is 0.389 e. The number of hydrogen-bond acceptors (Lipinski definition) is 2. The lowest BCUT2D eigenvalue weighted by molar-refractivity contribution is -0.130. The highest BCUT2D eigenvalue weighted by Crippen LogP contribution is 2.55. The van der Waals surface area contributed by atoms with E-state index in [2.05, 4.69) is 40.7 Å². The predicted octanol–water partition coefficient (Wildman–Crippen LogP) is 4.83. The second kappa shape index (κ2) is 6.31. The third-order valence-corrected chi connectivity index (χ3v) is 6.22. The van der Waals surface area contributed by atoms with Gasteiger partial charge in [0.25, 0.3) is 0 Å². The van der Waals surface area contributed by atoms with Crippen LogP contribution in [0.5, 0.6) is 0 Å². The molecule has 0 aromatic heterocycles. The van der Waals surface area contributed by atoms with Gasteiger partial charge in [0.05, 0.1) is 5.60 Å². The molecule has 0 bridgehead atoms. The van der Waals surface area contributed by atoms with Crippen LogP contribution in [0, 0.1) is 17.3 Å². The van der Waals surface area contributed by atoms with E-state index in [1.54, 1.807) is 0 Å². The molecular weight excluding hydrogens is 272 g/mol. The number of fused-ring (bicyclic) bond motifs is 1. The van der Waals surface area contributed by atoms with Crippen molar-refractivity contribution in [2.24, 2.45) is 17.3 Å². The van der Waals surface area contributed by atoms with Gasteiger partial charge in [-0.25, -0.2) is 0 Å². The zero-order chi connectivity index (χ0) is 16.5. The molecule has 0 aromatic rings. The molecular formula is C20H32O2. The molecule has 2 aliphatic rings. The van der Waals surface area contributed by atoms with E-state index in [0.29, 0.717) is 0 Å². The Bertz CT molecular complexity index is 500. The van der Waals surface area contributed by atoms with Crippen LogP contribution in [-0.2, 0) is 4.79 Å². The highest BCUT2D eigenvalue weighted by Gasteiger charge is 2.57. The van der Waals surface area contributed by atoms with Gasteiger partial charge >= 0.3 is 0 Å². The van der Waals surface area contributed by atoms with E-state index in [1.807, 2.05) is 6.08 Å². The molecule has 0 heterocycles. The summed E-state index contributed by atoms with van der Waals surface area (Å²) in [5.41, 5.74) is 1.43. The molecule has 1 fully saturated rings. The Balaban J connectivity index is 2.43. The molecule has 22 heavy (non-hydrogen) atoms. The number of ketones is 1. The predicted molar refractivity (Wildman–Crippen MR) is 91.6 cm³/mol. The Morgan fingerprint density at radius 1 is 1.18 bits per heavy atom. The molecule has 0 aliphatic heterocycles. The molecule has 0 radical (unpaired) electrons. The van der Waals surface area contributed by atoms with Gasteiger partial charge in [-0.3, -0.25) is 4.79 Å². The molecule has 124 valence electrons. The van der Waals surface area contributed by atoms with E-state index in [0.717, 1.165) is 44.1 Å². The van der Waals surface area contributed by atoms with Crippen molar-refractivity contribution < 1.29 is 9.90 Å². The SMILES string of the molecule is CC1=CC(=O)C2(C)CCC(O)(C(C)C)C2CCC(C)=CCC1. The third kappa shape index (κ3) is 3.08. The van der Waals surface area contributed by atoms with Crippen molar-refractivity contribution in [2.45, 2.75) is 78.7 Å². The zero-order valence-electron chi connectivity index (χ0n) is 14.9. The van der Waals surface area contributed by atoms with Crippen LogP contribution >= 0.6 is 0 Å². The summed E-state index contributed by atoms with van der Waals surface area (Å²) in [5.74, 6) is 0.468. The molecule has 0 spiro atoms. The summed E-state index contributed by atoms with van der Waals surface area (Å²) in [7, 11) is 0. The smallest absolute Gasteiger partial charge is 0.161 e. The normalized spacial score (nSPS) is 37.4. The third-order valence-electron chi connectivity index (χ3n) is 6.22. The summed E-state index contributed by atoms with van der Waals surface area (Å²) in [6.45, 7) is 10.5. The maximum atomic E-state index is 12.9. The molecule has 3 unspecified atom stereocenters. The summed E-state index contributed by atoms with van der Waals surface area (Å²) in [6.07, 6.45) is 9.57. The summed E-state index contributed by atoms with van der Waals surface area (Å²) < 4.78 is 0. The standard InChI is InChI=1S/C20H32O2/c1-14(2)20(22)12-11-19(5)17(20)10-9-15(3)7-6-8-16(4)13-18(19)21/h7,13-14,17,22H,6,8-12H2,1-5H3. The van der Waals surface area contributed by atoms with Crippen molar-refractivity contribution in [3.63, 3.8) is 0 Å². The minimum Gasteiger partial charge on any atom is -0.389 e. The Hall–Kier alpha value is -0.890. The monoisotopic (exact) mass is 304 g/mol. The lowest BCUT2D eigenvalue weighted by atomic mass is 9.67. The van der Waals surface area contributed by atoms with Gasteiger partial charge in [0.1, 0.15) is 0 Å². The Labute approximate surface area is 135 Å². The highest BCUT2D eigenvalue weighted by atomic mass is 16.3. The van der Waals surface area contributed by atoms with Crippen LogP contribution in [0.4, 0.5) is 0 Å². The molecule has 2 aliphatic carbocycles. The van der Waals surface area contributed by atoms with Crippen molar-refractivity contribution in [1.82, 2.24) is 0 Å². The second-order valence-corrected chi connectivity index (χ2v) is 8.10. The highest BCUT2D eigenvalue weighted by molar-refractivity contribution is 5.95. The van der Waals surface area contributed by atoms with Crippen LogP contribution in [-0.4, -0.2) is 16.5 Å². The van der Waals surface area contributed by atoms with Gasteiger partial charge in [0.2, 0.25) is 0 Å². The van der Waals surface area contributed by atoms with Crippen LogP contribution in [0.3, 0.4) is 0 Å². The van der Waals surface area contributed by atoms with Crippen LogP contribution in [0.15, 0.2) is 23.3 Å². The molecule has 2 rings (SSSR count).